The van der Waals surface area contributed by atoms with Gasteiger partial charge in [0.05, 0.1) is 130 Å². The number of nitrogens with two attached hydrogens (primary N) is 1. The molecule has 5 fully saturated rings. The molecule has 21 heterocycles. The Kier molecular flexibility index (Phi) is 26.9. The maximum Gasteiger partial charge on any atom is 0.434 e. The fourth-order valence-corrected chi connectivity index (χ4v) is 15.8. The summed E-state index contributed by atoms with van der Waals surface area (Å²) in [5.74, 6) is 2.56. The number of carbonyl (C=O) groups is 1. The van der Waals surface area contributed by atoms with Crippen molar-refractivity contribution in [1.29, 1.82) is 0 Å². The number of primary amides is 1. The summed E-state index contributed by atoms with van der Waals surface area (Å²) in [5.41, 5.74) is 4.72. The van der Waals surface area contributed by atoms with E-state index in [1.54, 1.807) is 36.8 Å². The Morgan fingerprint density at radius 1 is 0.401 bits per heavy atom. The molecule has 0 bridgehead atoms. The number of ether oxygens (including phenoxy) is 2. The zero-order valence-corrected chi connectivity index (χ0v) is 72.2. The van der Waals surface area contributed by atoms with Crippen LogP contribution in [0.25, 0.3) is 85.6 Å². The summed E-state index contributed by atoms with van der Waals surface area (Å²) in [6.07, 6.45) is 10.9. The molecule has 0 spiro atoms. The number of aliphatic imine (C=N–C) groups is 1. The van der Waals surface area contributed by atoms with Gasteiger partial charge in [0.1, 0.15) is 40.2 Å². The summed E-state index contributed by atoms with van der Waals surface area (Å²) in [6, 6.07) is 7.03. The summed E-state index contributed by atoms with van der Waals surface area (Å²) < 4.78 is 227. The second-order valence-electron chi connectivity index (χ2n) is 32.2. The van der Waals surface area contributed by atoms with Crippen molar-refractivity contribution in [2.45, 2.75) is 88.9 Å². The molecule has 4 atom stereocenters. The zero-order valence-electron chi connectivity index (χ0n) is 72.2. The van der Waals surface area contributed by atoms with Crippen molar-refractivity contribution in [3.63, 3.8) is 0 Å². The number of nitrogens with one attached hydrogen (secondary N) is 1. The maximum atomic E-state index is 14.7. The maximum absolute atomic E-state index is 14.7. The zero-order chi connectivity index (χ0) is 96.2. The van der Waals surface area contributed by atoms with Crippen molar-refractivity contribution < 1.29 is 84.5 Å². The summed E-state index contributed by atoms with van der Waals surface area (Å²) in [7, 11) is 0. The third-order valence-electron chi connectivity index (χ3n) is 22.6. The highest BCUT2D eigenvalue weighted by atomic mass is 19.4. The molecule has 0 radical (unpaired) electrons. The Morgan fingerprint density at radius 3 is 1.28 bits per heavy atom. The quantitative estimate of drug-likeness (QED) is 0.107. The highest BCUT2D eigenvalue weighted by Crippen LogP contribution is 2.37. The van der Waals surface area contributed by atoms with Crippen LogP contribution in [-0.2, 0) is 45.1 Å². The smallest absolute Gasteiger partial charge is 0.379 e. The van der Waals surface area contributed by atoms with Crippen LogP contribution in [0.15, 0.2) is 165 Å². The van der Waals surface area contributed by atoms with Gasteiger partial charge >= 0.3 is 30.9 Å². The highest BCUT2D eigenvalue weighted by Gasteiger charge is 2.40. The number of alkyl halides is 15. The highest BCUT2D eigenvalue weighted by molar-refractivity contribution is 5.83. The fraction of sp³-hybridized carbons (Fsp3) is 0.365. The second kappa shape index (κ2) is 39.2. The number of carbonyl (C=O) groups excluding carboxylic acids is 1. The second-order valence-corrected chi connectivity index (χ2v) is 32.2. The largest absolute Gasteiger partial charge is 0.434 e. The molecule has 52 heteroatoms. The van der Waals surface area contributed by atoms with Crippen LogP contribution in [0.5, 0.6) is 0 Å². The van der Waals surface area contributed by atoms with Crippen LogP contribution in [0.3, 0.4) is 0 Å². The number of piperidine rings is 2. The molecule has 1 amide bonds. The van der Waals surface area contributed by atoms with E-state index in [-0.39, 0.29) is 58.8 Å². The minimum atomic E-state index is -4.64. The number of amides is 1. The lowest BCUT2D eigenvalue weighted by Gasteiger charge is -2.38. The molecule has 6 aliphatic heterocycles. The molecule has 15 aromatic rings. The van der Waals surface area contributed by atoms with E-state index in [1.165, 1.54) is 67.6 Å². The molecule has 714 valence electrons. The lowest BCUT2D eigenvalue weighted by molar-refractivity contribution is -0.142. The number of hydrogen-bond acceptors (Lipinski definition) is 30. The lowest BCUT2D eigenvalue weighted by atomic mass is 10.0. The first-order chi connectivity index (χ1) is 65.6. The molecule has 5 saturated heterocycles. The van der Waals surface area contributed by atoms with Crippen molar-refractivity contribution in [2.75, 3.05) is 123 Å². The van der Waals surface area contributed by atoms with E-state index in [0.717, 1.165) is 129 Å². The van der Waals surface area contributed by atoms with Crippen molar-refractivity contribution in [3.05, 3.63) is 194 Å². The number of nitrogens with zero attached hydrogens (tertiary/aromatic N) is 31. The molecule has 0 aromatic carbocycles. The van der Waals surface area contributed by atoms with Crippen molar-refractivity contribution in [2.24, 2.45) is 22.6 Å². The molecule has 21 rings (SSSR count). The number of imidazole rings is 5. The van der Waals surface area contributed by atoms with Crippen molar-refractivity contribution in [1.82, 2.24) is 127 Å². The number of morpholine rings is 1. The van der Waals surface area contributed by atoms with Gasteiger partial charge in [0.2, 0.25) is 17.8 Å². The average Bonchev–Trinajstić information content (AvgIpc) is 1.66. The van der Waals surface area contributed by atoms with E-state index < -0.39 is 77.0 Å². The predicted molar refractivity (Wildman–Crippen MR) is 460 cm³/mol. The Hall–Kier alpha value is -14.9. The molecule has 0 saturated carbocycles. The number of aromatic nitrogens is 25. The molecule has 6 aliphatic rings. The molecule has 4 unspecified atom stereocenters. The van der Waals surface area contributed by atoms with E-state index in [0.29, 0.717) is 141 Å². The molecule has 137 heavy (non-hydrogen) atoms. The topological polar surface area (TPSA) is 382 Å². The van der Waals surface area contributed by atoms with Crippen LogP contribution in [0.2, 0.25) is 0 Å². The van der Waals surface area contributed by atoms with Gasteiger partial charge in [0.15, 0.2) is 80.0 Å². The van der Waals surface area contributed by atoms with Gasteiger partial charge in [-0.3, -0.25) is 31.8 Å². The monoisotopic (exact) mass is 1910 g/mol. The van der Waals surface area contributed by atoms with Gasteiger partial charge in [-0.05, 0) is 74.8 Å². The van der Waals surface area contributed by atoms with Crippen LogP contribution in [0.1, 0.15) is 74.4 Å². The fourth-order valence-electron chi connectivity index (χ4n) is 15.8. The average molecular weight is 1910 g/mol. The van der Waals surface area contributed by atoms with Crippen LogP contribution < -0.4 is 35.6 Å². The number of anilines is 5. The summed E-state index contributed by atoms with van der Waals surface area (Å²) in [5, 5.41) is 3.50. The standard InChI is InChI=1S/C20H18F4N8.C17H16F3N7O2.C17H17F3N6.C16H15F3N6.C15H13F3N6O/c1-11-8-31(9-14(29-11)12-2-3-25-4-12)19-28-5-13(21)18(30-19)15-6-27-17-7-26-16(10-32(15)17)20(22,23)24;18-17(19,20)12-8-27-11(5-24-14(27)6-23-12)16-22-2-1-13(25-16)26-3-4-29-9-10(7-26)15(21)28;1-11-3-2-6-25(9-11)14-4-5-21-16(24-14)12-7-23-15-8-22-13(10-26(12)15)17(18,19)20;17-16(18,19)13-10-25-12(8-22-14(25)9-21-13)11-4-5-20-15(23-11)24-6-2-1-3-7-24;16-15(17,18)11-9-24-10(7-21-13(24)8-20-11)14-19-2-1-12(22-14)23-3-5-25-6-4-23/h2,4-7,10-11,14,29H,3,8-9H2,1H3;1-2,5-6,8,10H,3-4,7,9H2,(H2,21,28);4-5,7-8,10-11H,2-3,6,9H2,1H3;4-5,8-10H,1-3,6-7H2;1-2,7-9H,3-6H2. The van der Waals surface area contributed by atoms with Crippen LogP contribution >= 0.6 is 0 Å². The summed E-state index contributed by atoms with van der Waals surface area (Å²) in [6.45, 7) is 13.6. The third-order valence-corrected chi connectivity index (χ3v) is 22.6. The van der Waals surface area contributed by atoms with Crippen LogP contribution in [-0.4, -0.2) is 244 Å². The van der Waals surface area contributed by atoms with Gasteiger partial charge in [-0.1, -0.05) is 13.0 Å². The normalized spacial score (nSPS) is 18.1. The number of fused-ring (bicyclic) bond motifs is 5. The Labute approximate surface area is 764 Å². The Morgan fingerprint density at radius 2 is 0.818 bits per heavy atom. The minimum absolute atomic E-state index is 0.0123. The number of rotatable bonds is 12. The van der Waals surface area contributed by atoms with E-state index in [1.807, 2.05) is 40.0 Å². The van der Waals surface area contributed by atoms with Gasteiger partial charge in [-0.25, -0.2) is 104 Å². The first-order valence-corrected chi connectivity index (χ1v) is 42.6. The predicted octanol–water partition coefficient (Wildman–Crippen LogP) is 12.3. The summed E-state index contributed by atoms with van der Waals surface area (Å²) >= 11 is 0. The Bertz CT molecular complexity index is 6760. The molecular weight excluding hydrogens is 1840 g/mol. The minimum Gasteiger partial charge on any atom is -0.379 e. The van der Waals surface area contributed by atoms with E-state index >= 15 is 0 Å². The third kappa shape index (κ3) is 21.6. The van der Waals surface area contributed by atoms with Gasteiger partial charge in [-0.15, -0.1) is 0 Å². The number of piperazine rings is 1. The molecular formula is C85H79F16N33O3. The van der Waals surface area contributed by atoms with E-state index in [9.17, 15) is 75.0 Å². The van der Waals surface area contributed by atoms with Gasteiger partial charge < -0.3 is 45.0 Å². The number of hydrogen-bond donors (Lipinski definition) is 2. The van der Waals surface area contributed by atoms with Gasteiger partial charge in [0.25, 0.3) is 0 Å². The molecule has 0 aliphatic carbocycles. The van der Waals surface area contributed by atoms with E-state index in [2.05, 4.69) is 127 Å². The summed E-state index contributed by atoms with van der Waals surface area (Å²) in [4.78, 5) is 107. The lowest BCUT2D eigenvalue weighted by Crippen LogP contribution is -2.56. The SMILES string of the molecule is CC1CCCN(c2ccnc(-c3cnc4cnc(C(F)(F)F)cn34)n2)C1.CC1CN(c2ncc(F)c(-c3cnc4cnc(C(F)(F)F)cn34)n2)CC(C2=CCN=C2)N1.FC(F)(F)c1cn2c(-c3ccnc(N4CCCCC4)n3)cnc2cn1.FC(F)(F)c1cn2c(-c3nccc(N4CCOCC4)n3)cnc2cn1.NC(=O)C1COCCN(c2ccnc(-c3cnc4cnc(C(F)(F)F)cn34)n2)C1. The molecule has 15 aromatic heterocycles. The first-order valence-electron chi connectivity index (χ1n) is 42.6. The van der Waals surface area contributed by atoms with Crippen LogP contribution in [0.4, 0.5) is 99.6 Å². The van der Waals surface area contributed by atoms with Crippen molar-refractivity contribution in [3.8, 4) is 57.3 Å². The van der Waals surface area contributed by atoms with E-state index in [4.69, 9.17) is 15.2 Å². The van der Waals surface area contributed by atoms with Crippen molar-refractivity contribution >= 4 is 69.7 Å². The molecule has 36 nitrogen and oxygen atoms in total. The molecule has 3 N–H and O–H groups in total. The van der Waals surface area contributed by atoms with Crippen LogP contribution in [0, 0.1) is 17.7 Å². The Balaban J connectivity index is 0.000000119. The van der Waals surface area contributed by atoms with Gasteiger partial charge in [-0.2, -0.15) is 65.9 Å². The van der Waals surface area contributed by atoms with Gasteiger partial charge in [0, 0.05) is 133 Å². The number of halogens is 16. The first kappa shape index (κ1) is 93.9.